The van der Waals surface area contributed by atoms with Gasteiger partial charge in [0, 0.05) is 19.1 Å². The largest absolute Gasteiger partial charge is 0.417 e. The summed E-state index contributed by atoms with van der Waals surface area (Å²) in [7, 11) is 0. The number of alkyl halides is 3. The molecule has 0 aliphatic carbocycles. The number of carbonyl (C=O) groups is 2. The summed E-state index contributed by atoms with van der Waals surface area (Å²) < 4.78 is 38.6. The third-order valence-corrected chi connectivity index (χ3v) is 3.85. The molecule has 0 spiro atoms. The van der Waals surface area contributed by atoms with Crippen LogP contribution in [-0.4, -0.2) is 42.4 Å². The van der Waals surface area contributed by atoms with E-state index in [1.165, 1.54) is 12.1 Å². The van der Waals surface area contributed by atoms with Crippen LogP contribution >= 0.6 is 12.4 Å². The van der Waals surface area contributed by atoms with Crippen molar-refractivity contribution in [3.63, 3.8) is 0 Å². The molecule has 0 bridgehead atoms. The minimum atomic E-state index is -4.63. The van der Waals surface area contributed by atoms with Gasteiger partial charge in [0.15, 0.2) is 0 Å². The summed E-state index contributed by atoms with van der Waals surface area (Å²) >= 11 is 0. The molecule has 0 aromatic heterocycles. The molecule has 1 aliphatic heterocycles. The molecule has 2 amide bonds. The number of nitrogens with two attached hydrogens (primary N) is 1. The highest BCUT2D eigenvalue weighted by atomic mass is 35.5. The van der Waals surface area contributed by atoms with E-state index < -0.39 is 23.2 Å². The summed E-state index contributed by atoms with van der Waals surface area (Å²) in [5.74, 6) is -1.26. The summed E-state index contributed by atoms with van der Waals surface area (Å²) in [6, 6.07) is 4.41. The Morgan fingerprint density at radius 2 is 1.96 bits per heavy atom. The highest BCUT2D eigenvalue weighted by molar-refractivity contribution is 5.97. The van der Waals surface area contributed by atoms with E-state index >= 15 is 0 Å². The van der Waals surface area contributed by atoms with E-state index in [4.69, 9.17) is 5.73 Å². The van der Waals surface area contributed by atoms with Crippen molar-refractivity contribution in [3.05, 3.63) is 35.4 Å². The van der Waals surface area contributed by atoms with Crippen molar-refractivity contribution >= 4 is 24.2 Å². The fourth-order valence-electron chi connectivity index (χ4n) is 2.69. The average Bonchev–Trinajstić information content (AvgIpc) is 3.00. The SMILES string of the molecule is Cl.NCC1CCCN1C(=O)CNC(=O)c1ccccc1C(F)(F)F. The molecule has 1 fully saturated rings. The van der Waals surface area contributed by atoms with Crippen LogP contribution in [0.15, 0.2) is 24.3 Å². The maximum atomic E-state index is 12.9. The van der Waals surface area contributed by atoms with Gasteiger partial charge in [-0.15, -0.1) is 12.4 Å². The first-order chi connectivity index (χ1) is 10.8. The first-order valence-corrected chi connectivity index (χ1v) is 7.28. The number of amides is 2. The summed E-state index contributed by atoms with van der Waals surface area (Å²) in [6.07, 6.45) is -3.00. The maximum absolute atomic E-state index is 12.9. The molecule has 1 aliphatic rings. The normalized spacial score (nSPS) is 17.3. The molecule has 1 aromatic carbocycles. The Balaban J connectivity index is 0.00000288. The fourth-order valence-corrected chi connectivity index (χ4v) is 2.69. The lowest BCUT2D eigenvalue weighted by atomic mass is 10.1. The second-order valence-corrected chi connectivity index (χ2v) is 5.34. The van der Waals surface area contributed by atoms with Gasteiger partial charge < -0.3 is 16.0 Å². The summed E-state index contributed by atoms with van der Waals surface area (Å²) in [4.78, 5) is 25.6. The fraction of sp³-hybridized carbons (Fsp3) is 0.467. The van der Waals surface area contributed by atoms with Gasteiger partial charge in [0.25, 0.3) is 5.91 Å². The van der Waals surface area contributed by atoms with Gasteiger partial charge >= 0.3 is 6.18 Å². The lowest BCUT2D eigenvalue weighted by Crippen LogP contribution is -2.45. The van der Waals surface area contributed by atoms with Gasteiger partial charge in [-0.25, -0.2) is 0 Å². The number of benzene rings is 1. The summed E-state index contributed by atoms with van der Waals surface area (Å²) in [5, 5.41) is 2.26. The molecule has 2 rings (SSSR count). The van der Waals surface area contributed by atoms with Crippen LogP contribution in [0.3, 0.4) is 0 Å². The number of carbonyl (C=O) groups excluding carboxylic acids is 2. The van der Waals surface area contributed by atoms with Gasteiger partial charge in [-0.3, -0.25) is 9.59 Å². The second-order valence-electron chi connectivity index (χ2n) is 5.34. The number of hydrogen-bond donors (Lipinski definition) is 2. The van der Waals surface area contributed by atoms with E-state index in [9.17, 15) is 22.8 Å². The van der Waals surface area contributed by atoms with Crippen LogP contribution in [0.25, 0.3) is 0 Å². The van der Waals surface area contributed by atoms with Crippen molar-refractivity contribution in [1.29, 1.82) is 0 Å². The van der Waals surface area contributed by atoms with Gasteiger partial charge in [0.2, 0.25) is 5.91 Å². The van der Waals surface area contributed by atoms with E-state index in [1.54, 1.807) is 4.90 Å². The number of hydrogen-bond acceptors (Lipinski definition) is 3. The average molecular weight is 366 g/mol. The van der Waals surface area contributed by atoms with E-state index in [2.05, 4.69) is 5.32 Å². The van der Waals surface area contributed by atoms with Crippen LogP contribution in [0.5, 0.6) is 0 Å². The van der Waals surface area contributed by atoms with E-state index in [0.717, 1.165) is 25.0 Å². The summed E-state index contributed by atoms with van der Waals surface area (Å²) in [6.45, 7) is 0.536. The zero-order valence-corrected chi connectivity index (χ0v) is 13.6. The molecule has 9 heteroatoms. The molecule has 0 saturated carbocycles. The molecule has 5 nitrogen and oxygen atoms in total. The first kappa shape index (κ1) is 20.2. The van der Waals surface area contributed by atoms with Crippen molar-refractivity contribution in [3.8, 4) is 0 Å². The van der Waals surface area contributed by atoms with Gasteiger partial charge in [-0.1, -0.05) is 12.1 Å². The maximum Gasteiger partial charge on any atom is 0.417 e. The zero-order chi connectivity index (χ0) is 17.0. The molecule has 134 valence electrons. The molecule has 1 saturated heterocycles. The number of halogens is 4. The molecule has 0 radical (unpaired) electrons. The highest BCUT2D eigenvalue weighted by Gasteiger charge is 2.35. The van der Waals surface area contributed by atoms with Gasteiger partial charge in [0.05, 0.1) is 17.7 Å². The standard InChI is InChI=1S/C15H18F3N3O2.ClH/c16-15(17,18)12-6-2-1-5-11(12)14(23)20-9-13(22)21-7-3-4-10(21)8-19;/h1-2,5-6,10H,3-4,7-9,19H2,(H,20,23);1H. The molecule has 1 unspecified atom stereocenters. The minimum Gasteiger partial charge on any atom is -0.343 e. The lowest BCUT2D eigenvalue weighted by molar-refractivity contribution is -0.137. The molecule has 24 heavy (non-hydrogen) atoms. The number of likely N-dealkylation sites (tertiary alicyclic amines) is 1. The highest BCUT2D eigenvalue weighted by Crippen LogP contribution is 2.31. The second kappa shape index (κ2) is 8.34. The van der Waals surface area contributed by atoms with Crippen molar-refractivity contribution < 1.29 is 22.8 Å². The van der Waals surface area contributed by atoms with E-state index in [1.807, 2.05) is 0 Å². The molecular formula is C15H19ClF3N3O2. The quantitative estimate of drug-likeness (QED) is 0.854. The lowest BCUT2D eigenvalue weighted by Gasteiger charge is -2.23. The van der Waals surface area contributed by atoms with Gasteiger partial charge in [-0.05, 0) is 25.0 Å². The predicted molar refractivity (Wildman–Crippen MR) is 84.8 cm³/mol. The topological polar surface area (TPSA) is 75.4 Å². The third-order valence-electron chi connectivity index (χ3n) is 3.85. The Labute approximate surface area is 143 Å². The van der Waals surface area contributed by atoms with Crippen LogP contribution in [0.1, 0.15) is 28.8 Å². The smallest absolute Gasteiger partial charge is 0.343 e. The van der Waals surface area contributed by atoms with Crippen molar-refractivity contribution in [1.82, 2.24) is 10.2 Å². The van der Waals surface area contributed by atoms with E-state index in [0.29, 0.717) is 13.1 Å². The number of nitrogens with one attached hydrogen (secondary N) is 1. The van der Waals surface area contributed by atoms with Crippen LogP contribution in [0.4, 0.5) is 13.2 Å². The number of rotatable bonds is 4. The Morgan fingerprint density at radius 1 is 1.29 bits per heavy atom. The zero-order valence-electron chi connectivity index (χ0n) is 12.8. The van der Waals surface area contributed by atoms with Crippen LogP contribution in [0.2, 0.25) is 0 Å². The molecule has 3 N–H and O–H groups in total. The van der Waals surface area contributed by atoms with Crippen molar-refractivity contribution in [2.45, 2.75) is 25.1 Å². The Bertz CT molecular complexity index is 596. The Hall–Kier alpha value is -1.80. The third kappa shape index (κ3) is 4.61. The van der Waals surface area contributed by atoms with E-state index in [-0.39, 0.29) is 30.9 Å². The monoisotopic (exact) mass is 365 g/mol. The van der Waals surface area contributed by atoms with Crippen LogP contribution in [-0.2, 0) is 11.0 Å². The minimum absolute atomic E-state index is 0. The molecular weight excluding hydrogens is 347 g/mol. The number of nitrogens with zero attached hydrogens (tertiary/aromatic N) is 1. The van der Waals surface area contributed by atoms with Crippen LogP contribution in [0, 0.1) is 0 Å². The molecule has 1 heterocycles. The van der Waals surface area contributed by atoms with Crippen LogP contribution < -0.4 is 11.1 Å². The summed E-state index contributed by atoms with van der Waals surface area (Å²) in [5.41, 5.74) is 4.05. The molecule has 1 atom stereocenters. The first-order valence-electron chi connectivity index (χ1n) is 7.28. The molecule has 1 aromatic rings. The predicted octanol–water partition coefficient (Wildman–Crippen LogP) is 1.81. The van der Waals surface area contributed by atoms with Gasteiger partial charge in [0.1, 0.15) is 0 Å². The van der Waals surface area contributed by atoms with Crippen molar-refractivity contribution in [2.24, 2.45) is 5.73 Å². The van der Waals surface area contributed by atoms with Crippen molar-refractivity contribution in [2.75, 3.05) is 19.6 Å². The Kier molecular flexibility index (Phi) is 7.04. The van der Waals surface area contributed by atoms with Gasteiger partial charge in [-0.2, -0.15) is 13.2 Å². The Morgan fingerprint density at radius 3 is 2.58 bits per heavy atom.